The Kier molecular flexibility index (Phi) is 5.08. The van der Waals surface area contributed by atoms with Crippen molar-refractivity contribution < 1.29 is 9.84 Å². The zero-order chi connectivity index (χ0) is 11.3. The average molecular weight is 274 g/mol. The fourth-order valence-electron chi connectivity index (χ4n) is 1.38. The SMILES string of the molecule is COc1ccc(Br)c(CC(O)CCN)c1. The van der Waals surface area contributed by atoms with E-state index in [1.807, 2.05) is 18.2 Å². The molecule has 0 saturated carbocycles. The first-order valence-corrected chi connectivity index (χ1v) is 5.67. The van der Waals surface area contributed by atoms with Crippen LogP contribution in [-0.2, 0) is 6.42 Å². The van der Waals surface area contributed by atoms with Gasteiger partial charge in [-0.05, 0) is 43.1 Å². The van der Waals surface area contributed by atoms with Crippen molar-refractivity contribution in [3.05, 3.63) is 28.2 Å². The van der Waals surface area contributed by atoms with Gasteiger partial charge < -0.3 is 15.6 Å². The Morgan fingerprint density at radius 3 is 2.87 bits per heavy atom. The lowest BCUT2D eigenvalue weighted by atomic mass is 10.1. The van der Waals surface area contributed by atoms with Gasteiger partial charge in [-0.2, -0.15) is 0 Å². The highest BCUT2D eigenvalue weighted by atomic mass is 79.9. The van der Waals surface area contributed by atoms with E-state index in [0.29, 0.717) is 19.4 Å². The Labute approximate surface area is 98.4 Å². The third kappa shape index (κ3) is 3.81. The molecule has 3 nitrogen and oxygen atoms in total. The summed E-state index contributed by atoms with van der Waals surface area (Å²) < 4.78 is 6.11. The molecule has 1 aromatic carbocycles. The lowest BCUT2D eigenvalue weighted by molar-refractivity contribution is 0.167. The van der Waals surface area contributed by atoms with Crippen LogP contribution in [0.1, 0.15) is 12.0 Å². The van der Waals surface area contributed by atoms with Crippen LogP contribution in [0.4, 0.5) is 0 Å². The number of halogens is 1. The Balaban J connectivity index is 2.74. The van der Waals surface area contributed by atoms with Crippen LogP contribution >= 0.6 is 15.9 Å². The Bertz CT molecular complexity index is 317. The van der Waals surface area contributed by atoms with Gasteiger partial charge in [0.2, 0.25) is 0 Å². The summed E-state index contributed by atoms with van der Waals surface area (Å²) >= 11 is 3.44. The van der Waals surface area contributed by atoms with Crippen LogP contribution in [0, 0.1) is 0 Å². The number of nitrogens with two attached hydrogens (primary N) is 1. The monoisotopic (exact) mass is 273 g/mol. The minimum atomic E-state index is -0.390. The second kappa shape index (κ2) is 6.10. The molecule has 1 aromatic rings. The van der Waals surface area contributed by atoms with E-state index in [-0.39, 0.29) is 0 Å². The third-order valence-electron chi connectivity index (χ3n) is 2.21. The number of rotatable bonds is 5. The molecular formula is C11H16BrNO2. The van der Waals surface area contributed by atoms with E-state index in [0.717, 1.165) is 15.8 Å². The fraction of sp³-hybridized carbons (Fsp3) is 0.455. The molecule has 0 aliphatic heterocycles. The van der Waals surface area contributed by atoms with Gasteiger partial charge in [0.15, 0.2) is 0 Å². The predicted octanol–water partition coefficient (Wildman–Crippen LogP) is 1.71. The van der Waals surface area contributed by atoms with Gasteiger partial charge in [0, 0.05) is 4.47 Å². The van der Waals surface area contributed by atoms with Crippen molar-refractivity contribution >= 4 is 15.9 Å². The number of ether oxygens (including phenoxy) is 1. The van der Waals surface area contributed by atoms with Crippen molar-refractivity contribution in [1.82, 2.24) is 0 Å². The molecule has 0 aliphatic rings. The molecular weight excluding hydrogens is 258 g/mol. The minimum Gasteiger partial charge on any atom is -0.497 e. The molecule has 0 radical (unpaired) electrons. The molecule has 3 N–H and O–H groups in total. The lowest BCUT2D eigenvalue weighted by Crippen LogP contribution is -2.16. The maximum absolute atomic E-state index is 9.65. The quantitative estimate of drug-likeness (QED) is 0.859. The second-order valence-corrected chi connectivity index (χ2v) is 4.25. The first kappa shape index (κ1) is 12.5. The molecule has 84 valence electrons. The van der Waals surface area contributed by atoms with Crippen LogP contribution in [0.15, 0.2) is 22.7 Å². The van der Waals surface area contributed by atoms with Crippen molar-refractivity contribution in [3.8, 4) is 5.75 Å². The summed E-state index contributed by atoms with van der Waals surface area (Å²) in [6, 6.07) is 5.72. The summed E-state index contributed by atoms with van der Waals surface area (Å²) in [5.41, 5.74) is 6.42. The smallest absolute Gasteiger partial charge is 0.119 e. The summed E-state index contributed by atoms with van der Waals surface area (Å²) in [5.74, 6) is 0.799. The normalized spacial score (nSPS) is 12.5. The van der Waals surface area contributed by atoms with Gasteiger partial charge in [-0.15, -0.1) is 0 Å². The van der Waals surface area contributed by atoms with Crippen LogP contribution in [0.5, 0.6) is 5.75 Å². The largest absolute Gasteiger partial charge is 0.497 e. The van der Waals surface area contributed by atoms with E-state index in [2.05, 4.69) is 15.9 Å². The lowest BCUT2D eigenvalue weighted by Gasteiger charge is -2.11. The van der Waals surface area contributed by atoms with E-state index in [1.54, 1.807) is 7.11 Å². The van der Waals surface area contributed by atoms with Crippen LogP contribution < -0.4 is 10.5 Å². The van der Waals surface area contributed by atoms with E-state index < -0.39 is 6.10 Å². The van der Waals surface area contributed by atoms with Crippen LogP contribution in [0.25, 0.3) is 0 Å². The van der Waals surface area contributed by atoms with Crippen molar-refractivity contribution in [2.75, 3.05) is 13.7 Å². The van der Waals surface area contributed by atoms with Crippen LogP contribution in [0.2, 0.25) is 0 Å². The summed E-state index contributed by atoms with van der Waals surface area (Å²) in [5, 5.41) is 9.65. The molecule has 0 saturated heterocycles. The summed E-state index contributed by atoms with van der Waals surface area (Å²) in [4.78, 5) is 0. The Morgan fingerprint density at radius 1 is 1.53 bits per heavy atom. The first-order valence-electron chi connectivity index (χ1n) is 4.88. The van der Waals surface area contributed by atoms with E-state index in [9.17, 15) is 5.11 Å². The summed E-state index contributed by atoms with van der Waals surface area (Å²) in [6.07, 6.45) is 0.817. The van der Waals surface area contributed by atoms with Crippen LogP contribution in [-0.4, -0.2) is 24.9 Å². The molecule has 0 heterocycles. The van der Waals surface area contributed by atoms with Crippen molar-refractivity contribution in [1.29, 1.82) is 0 Å². The standard InChI is InChI=1S/C11H16BrNO2/c1-15-10-2-3-11(12)8(7-10)6-9(14)4-5-13/h2-3,7,9,14H,4-6,13H2,1H3. The van der Waals surface area contributed by atoms with Gasteiger partial charge in [0.25, 0.3) is 0 Å². The second-order valence-electron chi connectivity index (χ2n) is 3.39. The molecule has 1 unspecified atom stereocenters. The molecule has 0 bridgehead atoms. The molecule has 0 amide bonds. The fourth-order valence-corrected chi connectivity index (χ4v) is 1.79. The van der Waals surface area contributed by atoms with E-state index in [4.69, 9.17) is 10.5 Å². The number of methoxy groups -OCH3 is 1. The van der Waals surface area contributed by atoms with E-state index in [1.165, 1.54) is 0 Å². The highest BCUT2D eigenvalue weighted by Crippen LogP contribution is 2.23. The van der Waals surface area contributed by atoms with Crippen molar-refractivity contribution in [2.24, 2.45) is 5.73 Å². The molecule has 15 heavy (non-hydrogen) atoms. The number of aliphatic hydroxyl groups is 1. The average Bonchev–Trinajstić information content (AvgIpc) is 2.21. The highest BCUT2D eigenvalue weighted by molar-refractivity contribution is 9.10. The molecule has 0 fully saturated rings. The zero-order valence-electron chi connectivity index (χ0n) is 8.74. The first-order chi connectivity index (χ1) is 7.17. The molecule has 1 atom stereocenters. The van der Waals surface area contributed by atoms with Gasteiger partial charge in [0.05, 0.1) is 13.2 Å². The molecule has 0 aliphatic carbocycles. The summed E-state index contributed by atoms with van der Waals surface area (Å²) in [7, 11) is 1.63. The molecule has 1 rings (SSSR count). The number of aliphatic hydroxyl groups excluding tert-OH is 1. The molecule has 0 spiro atoms. The maximum Gasteiger partial charge on any atom is 0.119 e. The molecule has 0 aromatic heterocycles. The minimum absolute atomic E-state index is 0.390. The number of hydrogen-bond donors (Lipinski definition) is 2. The van der Waals surface area contributed by atoms with Gasteiger partial charge in [-0.25, -0.2) is 0 Å². The van der Waals surface area contributed by atoms with Gasteiger partial charge in [0.1, 0.15) is 5.75 Å². The van der Waals surface area contributed by atoms with E-state index >= 15 is 0 Å². The molecule has 4 heteroatoms. The summed E-state index contributed by atoms with van der Waals surface area (Å²) in [6.45, 7) is 0.503. The van der Waals surface area contributed by atoms with Crippen LogP contribution in [0.3, 0.4) is 0 Å². The van der Waals surface area contributed by atoms with Crippen molar-refractivity contribution in [2.45, 2.75) is 18.9 Å². The third-order valence-corrected chi connectivity index (χ3v) is 2.98. The number of benzene rings is 1. The number of hydrogen-bond acceptors (Lipinski definition) is 3. The topological polar surface area (TPSA) is 55.5 Å². The maximum atomic E-state index is 9.65. The highest BCUT2D eigenvalue weighted by Gasteiger charge is 2.08. The van der Waals surface area contributed by atoms with Gasteiger partial charge in [-0.1, -0.05) is 15.9 Å². The predicted molar refractivity (Wildman–Crippen MR) is 64.1 cm³/mol. The van der Waals surface area contributed by atoms with Crippen molar-refractivity contribution in [3.63, 3.8) is 0 Å². The Hall–Kier alpha value is -0.580. The van der Waals surface area contributed by atoms with Gasteiger partial charge in [-0.3, -0.25) is 0 Å². The van der Waals surface area contributed by atoms with Gasteiger partial charge >= 0.3 is 0 Å². The Morgan fingerprint density at radius 2 is 2.27 bits per heavy atom. The zero-order valence-corrected chi connectivity index (χ0v) is 10.3.